The van der Waals surface area contributed by atoms with Gasteiger partial charge in [0, 0.05) is 14.2 Å². The molecule has 2 nitrogen and oxygen atoms in total. The van der Waals surface area contributed by atoms with Crippen LogP contribution in [-0.4, -0.2) is 10.2 Å². The van der Waals surface area contributed by atoms with Crippen molar-refractivity contribution in [1.82, 2.24) is 0 Å². The van der Waals surface area contributed by atoms with Crippen LogP contribution in [0.2, 0.25) is 5.02 Å². The number of halogens is 2. The van der Waals surface area contributed by atoms with E-state index in [2.05, 4.69) is 15.9 Å². The highest BCUT2D eigenvalue weighted by Gasteiger charge is 2.33. The first kappa shape index (κ1) is 16.2. The van der Waals surface area contributed by atoms with Crippen molar-refractivity contribution in [1.29, 1.82) is 0 Å². The van der Waals surface area contributed by atoms with Crippen molar-refractivity contribution >= 4 is 84.8 Å². The molecule has 1 aliphatic heterocycles. The number of hydrogen-bond donors (Lipinski definition) is 0. The van der Waals surface area contributed by atoms with E-state index in [0.717, 1.165) is 9.35 Å². The summed E-state index contributed by atoms with van der Waals surface area (Å²) >= 11 is 17.8. The molecule has 0 bridgehead atoms. The second-order valence-electron chi connectivity index (χ2n) is 4.56. The molecule has 1 aromatic heterocycles. The molecule has 112 valence electrons. The molecule has 0 N–H and O–H groups in total. The number of thioether (sulfide) groups is 1. The van der Waals surface area contributed by atoms with E-state index in [-0.39, 0.29) is 5.91 Å². The molecule has 0 unspecified atom stereocenters. The molecule has 0 atom stereocenters. The summed E-state index contributed by atoms with van der Waals surface area (Å²) in [6, 6.07) is 9.39. The first-order chi connectivity index (χ1) is 10.5. The Morgan fingerprint density at radius 1 is 1.32 bits per heavy atom. The number of carbonyl (C=O) groups excluding carboxylic acids is 1. The summed E-state index contributed by atoms with van der Waals surface area (Å²) in [7, 11) is 0. The summed E-state index contributed by atoms with van der Waals surface area (Å²) in [5.74, 6) is -0.112. The van der Waals surface area contributed by atoms with Gasteiger partial charge in [0.2, 0.25) is 0 Å². The van der Waals surface area contributed by atoms with Crippen molar-refractivity contribution in [3.05, 3.63) is 54.5 Å². The number of rotatable bonds is 2. The third-order valence-electron chi connectivity index (χ3n) is 2.99. The van der Waals surface area contributed by atoms with Crippen LogP contribution in [0.4, 0.5) is 5.69 Å². The van der Waals surface area contributed by atoms with Gasteiger partial charge in [-0.1, -0.05) is 35.6 Å². The molecular weight excluding hydrogens is 422 g/mol. The fourth-order valence-corrected chi connectivity index (χ4v) is 4.58. The lowest BCUT2D eigenvalue weighted by atomic mass is 10.3. The van der Waals surface area contributed by atoms with E-state index in [1.807, 2.05) is 37.3 Å². The predicted octanol–water partition coefficient (Wildman–Crippen LogP) is 5.88. The molecule has 1 amide bonds. The van der Waals surface area contributed by atoms with Gasteiger partial charge in [0.05, 0.1) is 15.6 Å². The van der Waals surface area contributed by atoms with Crippen molar-refractivity contribution < 1.29 is 4.79 Å². The van der Waals surface area contributed by atoms with Crippen LogP contribution in [0.1, 0.15) is 9.75 Å². The third kappa shape index (κ3) is 3.16. The van der Waals surface area contributed by atoms with Crippen molar-refractivity contribution in [3.8, 4) is 0 Å². The summed E-state index contributed by atoms with van der Waals surface area (Å²) in [5.41, 5.74) is 0.682. The molecule has 7 heteroatoms. The molecule has 0 saturated carbocycles. The van der Waals surface area contributed by atoms with Crippen LogP contribution >= 0.6 is 62.8 Å². The Hall–Kier alpha value is -0.660. The monoisotopic (exact) mass is 429 g/mol. The summed E-state index contributed by atoms with van der Waals surface area (Å²) < 4.78 is 1.30. The Morgan fingerprint density at radius 3 is 2.73 bits per heavy atom. The molecule has 1 fully saturated rings. The molecule has 3 rings (SSSR count). The van der Waals surface area contributed by atoms with E-state index < -0.39 is 0 Å². The summed E-state index contributed by atoms with van der Waals surface area (Å²) in [5, 5.41) is 0.546. The van der Waals surface area contributed by atoms with Crippen LogP contribution in [0.3, 0.4) is 0 Å². The zero-order valence-corrected chi connectivity index (χ0v) is 16.1. The molecule has 2 aromatic rings. The van der Waals surface area contributed by atoms with Gasteiger partial charge in [-0.15, -0.1) is 11.3 Å². The smallest absolute Gasteiger partial charge is 0.268 e. The van der Waals surface area contributed by atoms with Gasteiger partial charge in [-0.05, 0) is 59.3 Å². The quantitative estimate of drug-likeness (QED) is 0.438. The van der Waals surface area contributed by atoms with E-state index in [1.165, 1.54) is 21.5 Å². The second kappa shape index (κ2) is 6.45. The highest BCUT2D eigenvalue weighted by molar-refractivity contribution is 9.10. The Balaban J connectivity index is 1.94. The molecule has 0 aliphatic carbocycles. The molecular formula is C15H9BrClNOS3. The van der Waals surface area contributed by atoms with Gasteiger partial charge >= 0.3 is 0 Å². The topological polar surface area (TPSA) is 20.3 Å². The number of thiocarbonyl (C=S) groups is 1. The molecule has 1 aromatic carbocycles. The predicted molar refractivity (Wildman–Crippen MR) is 104 cm³/mol. The van der Waals surface area contributed by atoms with Crippen LogP contribution in [0.5, 0.6) is 0 Å². The molecule has 1 saturated heterocycles. The highest BCUT2D eigenvalue weighted by atomic mass is 79.9. The van der Waals surface area contributed by atoms with Crippen LogP contribution < -0.4 is 4.90 Å². The van der Waals surface area contributed by atoms with Crippen LogP contribution in [0.15, 0.2) is 39.7 Å². The van der Waals surface area contributed by atoms with Gasteiger partial charge in [-0.3, -0.25) is 9.69 Å². The van der Waals surface area contributed by atoms with Gasteiger partial charge in [0.25, 0.3) is 5.91 Å². The number of thiophene rings is 1. The fraction of sp³-hybridized carbons (Fsp3) is 0.0667. The Morgan fingerprint density at radius 2 is 2.09 bits per heavy atom. The van der Waals surface area contributed by atoms with Gasteiger partial charge in [-0.2, -0.15) is 0 Å². The maximum Gasteiger partial charge on any atom is 0.270 e. The normalized spacial score (nSPS) is 16.9. The van der Waals surface area contributed by atoms with Crippen LogP contribution in [-0.2, 0) is 4.79 Å². The largest absolute Gasteiger partial charge is 0.270 e. The second-order valence-corrected chi connectivity index (χ2v) is 8.82. The Bertz CT molecular complexity index is 815. The Labute approximate surface area is 155 Å². The summed E-state index contributed by atoms with van der Waals surface area (Å²) in [4.78, 5) is 17.0. The van der Waals surface area contributed by atoms with Crippen molar-refractivity contribution in [3.63, 3.8) is 0 Å². The maximum absolute atomic E-state index is 12.6. The SMILES string of the molecule is Cc1ccc(/C=C2/SC(=S)N(c3ccc(Br)c(Cl)c3)C2=O)s1. The van der Waals surface area contributed by atoms with E-state index in [1.54, 1.807) is 17.4 Å². The first-order valence-electron chi connectivity index (χ1n) is 6.25. The number of benzene rings is 1. The summed E-state index contributed by atoms with van der Waals surface area (Å²) in [6.45, 7) is 2.04. The first-order valence-corrected chi connectivity index (χ1v) is 9.46. The minimum absolute atomic E-state index is 0.112. The molecule has 0 radical (unpaired) electrons. The van der Waals surface area contributed by atoms with E-state index in [9.17, 15) is 4.79 Å². The highest BCUT2D eigenvalue weighted by Crippen LogP contribution is 2.38. The lowest BCUT2D eigenvalue weighted by Gasteiger charge is -2.15. The standard InChI is InChI=1S/C15H9BrClNOS3/c1-8-2-4-10(21-8)7-13-14(19)18(15(20)22-13)9-3-5-11(16)12(17)6-9/h2-7H,1H3/b13-7+. The molecule has 22 heavy (non-hydrogen) atoms. The average molecular weight is 431 g/mol. The van der Waals surface area contributed by atoms with Gasteiger partial charge in [0.1, 0.15) is 0 Å². The number of anilines is 1. The van der Waals surface area contributed by atoms with E-state index in [0.29, 0.717) is 19.9 Å². The fourth-order valence-electron chi connectivity index (χ4n) is 1.97. The minimum Gasteiger partial charge on any atom is -0.268 e. The van der Waals surface area contributed by atoms with Crippen LogP contribution in [0, 0.1) is 6.92 Å². The summed E-state index contributed by atoms with van der Waals surface area (Å²) in [6.07, 6.45) is 1.89. The van der Waals surface area contributed by atoms with Gasteiger partial charge < -0.3 is 0 Å². The van der Waals surface area contributed by atoms with Gasteiger partial charge in [0.15, 0.2) is 4.32 Å². The van der Waals surface area contributed by atoms with Crippen molar-refractivity contribution in [2.45, 2.75) is 6.92 Å². The lowest BCUT2D eigenvalue weighted by Crippen LogP contribution is -2.27. The molecule has 0 spiro atoms. The zero-order chi connectivity index (χ0) is 15.9. The van der Waals surface area contributed by atoms with Crippen molar-refractivity contribution in [2.24, 2.45) is 0 Å². The number of amides is 1. The molecule has 2 heterocycles. The number of hydrogen-bond acceptors (Lipinski definition) is 4. The maximum atomic E-state index is 12.6. The lowest BCUT2D eigenvalue weighted by molar-refractivity contribution is -0.113. The third-order valence-corrected chi connectivity index (χ3v) is 6.47. The van der Waals surface area contributed by atoms with Gasteiger partial charge in [-0.25, -0.2) is 0 Å². The number of nitrogens with zero attached hydrogens (tertiary/aromatic N) is 1. The molecule has 1 aliphatic rings. The number of aryl methyl sites for hydroxylation is 1. The van der Waals surface area contributed by atoms with E-state index >= 15 is 0 Å². The minimum atomic E-state index is -0.112. The Kier molecular flexibility index (Phi) is 4.75. The van der Waals surface area contributed by atoms with Crippen molar-refractivity contribution in [2.75, 3.05) is 4.90 Å². The number of carbonyl (C=O) groups is 1. The average Bonchev–Trinajstić information content (AvgIpc) is 2.98. The van der Waals surface area contributed by atoms with E-state index in [4.69, 9.17) is 23.8 Å². The zero-order valence-electron chi connectivity index (χ0n) is 11.3. The van der Waals surface area contributed by atoms with Crippen LogP contribution in [0.25, 0.3) is 6.08 Å².